The summed E-state index contributed by atoms with van der Waals surface area (Å²) in [5, 5.41) is 18.7. The molecule has 0 spiro atoms. The van der Waals surface area contributed by atoms with Crippen LogP contribution in [-0.2, 0) is 11.3 Å². The molecule has 7 nitrogen and oxygen atoms in total. The molecule has 0 unspecified atom stereocenters. The van der Waals surface area contributed by atoms with Crippen LogP contribution in [0.25, 0.3) is 0 Å². The van der Waals surface area contributed by atoms with Gasteiger partial charge in [-0.1, -0.05) is 6.92 Å². The maximum absolute atomic E-state index is 11.2. The minimum absolute atomic E-state index is 0.102. The zero-order valence-electron chi connectivity index (χ0n) is 12.1. The summed E-state index contributed by atoms with van der Waals surface area (Å²) < 4.78 is 7.04. The predicted molar refractivity (Wildman–Crippen MR) is 75.9 cm³/mol. The lowest BCUT2D eigenvalue weighted by Crippen LogP contribution is -2.23. The van der Waals surface area contributed by atoms with Crippen molar-refractivity contribution in [2.45, 2.75) is 39.7 Å². The molecule has 0 atom stereocenters. The summed E-state index contributed by atoms with van der Waals surface area (Å²) in [5.41, 5.74) is 0.573. The number of aromatic nitrogens is 2. The van der Waals surface area contributed by atoms with Crippen LogP contribution >= 0.6 is 0 Å². The second-order valence-electron chi connectivity index (χ2n) is 5.20. The van der Waals surface area contributed by atoms with Crippen LogP contribution in [0.5, 0.6) is 0 Å². The Morgan fingerprint density at radius 3 is 2.80 bits per heavy atom. The van der Waals surface area contributed by atoms with Gasteiger partial charge in [-0.25, -0.2) is 4.68 Å². The number of aryl methyl sites for hydroxylation is 2. The van der Waals surface area contributed by atoms with Gasteiger partial charge in [-0.2, -0.15) is 5.10 Å². The van der Waals surface area contributed by atoms with E-state index in [1.54, 1.807) is 11.6 Å². The molecule has 0 bridgehead atoms. The number of hydrogen-bond acceptors (Lipinski definition) is 5. The lowest BCUT2D eigenvalue weighted by atomic mass is 10.0. The molecule has 2 heterocycles. The van der Waals surface area contributed by atoms with E-state index >= 15 is 0 Å². The molecule has 0 saturated carbocycles. The van der Waals surface area contributed by atoms with Crippen molar-refractivity contribution in [2.24, 2.45) is 5.92 Å². The zero-order valence-corrected chi connectivity index (χ0v) is 12.1. The van der Waals surface area contributed by atoms with Crippen LogP contribution < -0.4 is 5.32 Å². The number of anilines is 1. The van der Waals surface area contributed by atoms with Gasteiger partial charge in [0, 0.05) is 26.3 Å². The molecule has 20 heavy (non-hydrogen) atoms. The third-order valence-corrected chi connectivity index (χ3v) is 3.61. The van der Waals surface area contributed by atoms with Crippen molar-refractivity contribution >= 4 is 11.5 Å². The first-order valence-corrected chi connectivity index (χ1v) is 7.16. The van der Waals surface area contributed by atoms with Gasteiger partial charge in [-0.3, -0.25) is 10.1 Å². The third-order valence-electron chi connectivity index (χ3n) is 3.61. The van der Waals surface area contributed by atoms with Crippen molar-refractivity contribution in [1.29, 1.82) is 0 Å². The predicted octanol–water partition coefficient (Wildman–Crippen LogP) is 2.35. The molecule has 1 aromatic rings. The fourth-order valence-electron chi connectivity index (χ4n) is 2.53. The Bertz CT molecular complexity index is 466. The zero-order chi connectivity index (χ0) is 14.5. The third kappa shape index (κ3) is 3.27. The Morgan fingerprint density at radius 1 is 1.50 bits per heavy atom. The second kappa shape index (κ2) is 6.69. The smallest absolute Gasteiger partial charge is 0.333 e. The summed E-state index contributed by atoms with van der Waals surface area (Å²) in [6.45, 7) is 6.70. The van der Waals surface area contributed by atoms with Crippen LogP contribution in [0.1, 0.15) is 31.9 Å². The first kappa shape index (κ1) is 14.8. The van der Waals surface area contributed by atoms with E-state index in [2.05, 4.69) is 10.4 Å². The van der Waals surface area contributed by atoms with E-state index in [9.17, 15) is 10.1 Å². The molecule has 1 aromatic heterocycles. The van der Waals surface area contributed by atoms with E-state index < -0.39 is 0 Å². The molecule has 2 rings (SSSR count). The number of nitro groups is 1. The molecule has 0 amide bonds. The maximum Gasteiger partial charge on any atom is 0.333 e. The fourth-order valence-corrected chi connectivity index (χ4v) is 2.53. The topological polar surface area (TPSA) is 82.2 Å². The van der Waals surface area contributed by atoms with E-state index in [0.717, 1.165) is 39.0 Å². The lowest BCUT2D eigenvalue weighted by molar-refractivity contribution is -0.384. The van der Waals surface area contributed by atoms with Crippen LogP contribution in [0, 0.1) is 23.0 Å². The van der Waals surface area contributed by atoms with Gasteiger partial charge >= 0.3 is 5.69 Å². The van der Waals surface area contributed by atoms with Crippen molar-refractivity contribution in [3.8, 4) is 0 Å². The van der Waals surface area contributed by atoms with Gasteiger partial charge in [0.2, 0.25) is 5.82 Å². The normalized spacial score (nSPS) is 16.3. The summed E-state index contributed by atoms with van der Waals surface area (Å²) >= 11 is 0. The first-order valence-electron chi connectivity index (χ1n) is 7.16. The van der Waals surface area contributed by atoms with Crippen molar-refractivity contribution in [3.63, 3.8) is 0 Å². The molecule has 1 aliphatic rings. The van der Waals surface area contributed by atoms with Gasteiger partial charge in [0.05, 0.1) is 4.92 Å². The number of hydrogen-bond donors (Lipinski definition) is 1. The quantitative estimate of drug-likeness (QED) is 0.639. The average Bonchev–Trinajstić information content (AvgIpc) is 2.74. The molecular formula is C13H22N4O3. The highest BCUT2D eigenvalue weighted by atomic mass is 16.6. The van der Waals surface area contributed by atoms with Gasteiger partial charge in [0.1, 0.15) is 5.69 Å². The van der Waals surface area contributed by atoms with Gasteiger partial charge in [-0.05, 0) is 32.1 Å². The summed E-state index contributed by atoms with van der Waals surface area (Å²) in [4.78, 5) is 10.9. The highest BCUT2D eigenvalue weighted by molar-refractivity contribution is 5.59. The SMILES string of the molecule is CCCn1nc(C)c([N+](=O)[O-])c1NCC1CCOCC1. The van der Waals surface area contributed by atoms with Crippen molar-refractivity contribution in [2.75, 3.05) is 25.1 Å². The van der Waals surface area contributed by atoms with Crippen molar-refractivity contribution < 1.29 is 9.66 Å². The summed E-state index contributed by atoms with van der Waals surface area (Å²) in [6, 6.07) is 0. The van der Waals surface area contributed by atoms with Gasteiger partial charge in [0.15, 0.2) is 0 Å². The van der Waals surface area contributed by atoms with Gasteiger partial charge in [0.25, 0.3) is 0 Å². The minimum atomic E-state index is -0.346. The highest BCUT2D eigenvalue weighted by Crippen LogP contribution is 2.29. The van der Waals surface area contributed by atoms with Crippen LogP contribution in [0.3, 0.4) is 0 Å². The molecule has 0 aliphatic carbocycles. The average molecular weight is 282 g/mol. The van der Waals surface area contributed by atoms with E-state index in [-0.39, 0.29) is 10.6 Å². The molecular weight excluding hydrogens is 260 g/mol. The van der Waals surface area contributed by atoms with Gasteiger partial charge in [-0.15, -0.1) is 0 Å². The Kier molecular flexibility index (Phi) is 4.94. The van der Waals surface area contributed by atoms with Crippen LogP contribution in [0.2, 0.25) is 0 Å². The van der Waals surface area contributed by atoms with E-state index in [1.165, 1.54) is 0 Å². The molecule has 112 valence electrons. The minimum Gasteiger partial charge on any atom is -0.381 e. The Hall–Kier alpha value is -1.63. The van der Waals surface area contributed by atoms with E-state index in [4.69, 9.17) is 4.74 Å². The lowest BCUT2D eigenvalue weighted by Gasteiger charge is -2.22. The number of ether oxygens (including phenoxy) is 1. The second-order valence-corrected chi connectivity index (χ2v) is 5.20. The van der Waals surface area contributed by atoms with Gasteiger partial charge < -0.3 is 10.1 Å². The standard InChI is InChI=1S/C13H22N4O3/c1-3-6-16-13(12(17(18)19)10(2)15-16)14-9-11-4-7-20-8-5-11/h11,14H,3-9H2,1-2H3. The maximum atomic E-state index is 11.2. The summed E-state index contributed by atoms with van der Waals surface area (Å²) in [6.07, 6.45) is 2.90. The fraction of sp³-hybridized carbons (Fsp3) is 0.769. The summed E-state index contributed by atoms with van der Waals surface area (Å²) in [5.74, 6) is 1.05. The Balaban J connectivity index is 2.12. The molecule has 0 aromatic carbocycles. The Labute approximate surface area is 118 Å². The van der Waals surface area contributed by atoms with Crippen molar-refractivity contribution in [1.82, 2.24) is 9.78 Å². The van der Waals surface area contributed by atoms with E-state index in [1.807, 2.05) is 6.92 Å². The largest absolute Gasteiger partial charge is 0.381 e. The molecule has 1 aliphatic heterocycles. The monoisotopic (exact) mass is 282 g/mol. The van der Waals surface area contributed by atoms with Crippen LogP contribution in [-0.4, -0.2) is 34.5 Å². The number of rotatable bonds is 6. The van der Waals surface area contributed by atoms with Crippen LogP contribution in [0.15, 0.2) is 0 Å². The van der Waals surface area contributed by atoms with Crippen LogP contribution in [0.4, 0.5) is 11.5 Å². The Morgan fingerprint density at radius 2 is 2.20 bits per heavy atom. The summed E-state index contributed by atoms with van der Waals surface area (Å²) in [7, 11) is 0. The number of nitrogens with zero attached hydrogens (tertiary/aromatic N) is 3. The first-order chi connectivity index (χ1) is 9.63. The highest BCUT2D eigenvalue weighted by Gasteiger charge is 2.25. The molecule has 7 heteroatoms. The molecule has 1 saturated heterocycles. The molecule has 0 radical (unpaired) electrons. The molecule has 1 fully saturated rings. The molecule has 1 N–H and O–H groups in total. The van der Waals surface area contributed by atoms with Crippen molar-refractivity contribution in [3.05, 3.63) is 15.8 Å². The number of nitrogens with one attached hydrogen (secondary N) is 1. The van der Waals surface area contributed by atoms with E-state index in [0.29, 0.717) is 24.0 Å².